The average Bonchev–Trinajstić information content (AvgIpc) is 3.02. The Bertz CT molecular complexity index is 980. The number of aromatic nitrogens is 3. The van der Waals surface area contributed by atoms with E-state index < -0.39 is 0 Å². The molecule has 0 N–H and O–H groups in total. The lowest BCUT2D eigenvalue weighted by atomic mass is 10.1. The van der Waals surface area contributed by atoms with Crippen molar-refractivity contribution < 1.29 is 4.42 Å². The van der Waals surface area contributed by atoms with Gasteiger partial charge in [0.05, 0.1) is 6.04 Å². The van der Waals surface area contributed by atoms with Gasteiger partial charge in [-0.1, -0.05) is 18.2 Å². The zero-order valence-electron chi connectivity index (χ0n) is 13.7. The first-order valence-electron chi connectivity index (χ1n) is 8.08. The Morgan fingerprint density at radius 3 is 2.79 bits per heavy atom. The number of pyridine rings is 1. The van der Waals surface area contributed by atoms with Crippen LogP contribution < -0.4 is 4.90 Å². The van der Waals surface area contributed by atoms with Crippen molar-refractivity contribution >= 4 is 27.9 Å². The van der Waals surface area contributed by atoms with Crippen LogP contribution in [0.25, 0.3) is 22.1 Å². The molecule has 0 bridgehead atoms. The van der Waals surface area contributed by atoms with Crippen molar-refractivity contribution in [2.45, 2.75) is 19.9 Å². The van der Waals surface area contributed by atoms with Crippen LogP contribution in [0.5, 0.6) is 0 Å². The van der Waals surface area contributed by atoms with Crippen molar-refractivity contribution in [2.24, 2.45) is 0 Å². The maximum atomic E-state index is 6.07. The van der Waals surface area contributed by atoms with Crippen LogP contribution in [0.2, 0.25) is 0 Å². The summed E-state index contributed by atoms with van der Waals surface area (Å²) in [6, 6.07) is 12.1. The van der Waals surface area contributed by atoms with Crippen LogP contribution in [0, 0.1) is 0 Å². The molecule has 0 aliphatic carbocycles. The van der Waals surface area contributed by atoms with E-state index in [1.807, 2.05) is 36.5 Å². The van der Waals surface area contributed by atoms with Gasteiger partial charge in [0.1, 0.15) is 17.4 Å². The third-order valence-electron chi connectivity index (χ3n) is 4.39. The van der Waals surface area contributed by atoms with E-state index in [-0.39, 0.29) is 6.04 Å². The second kappa shape index (κ2) is 5.92. The van der Waals surface area contributed by atoms with E-state index >= 15 is 0 Å². The molecule has 5 heteroatoms. The minimum atomic E-state index is 0.134. The minimum absolute atomic E-state index is 0.134. The summed E-state index contributed by atoms with van der Waals surface area (Å²) in [7, 11) is 0. The Morgan fingerprint density at radius 2 is 2.00 bits per heavy atom. The monoisotopic (exact) mass is 318 g/mol. The van der Waals surface area contributed by atoms with Crippen molar-refractivity contribution in [2.75, 3.05) is 11.4 Å². The number of benzene rings is 1. The fourth-order valence-electron chi connectivity index (χ4n) is 3.13. The molecule has 0 amide bonds. The van der Waals surface area contributed by atoms with Crippen molar-refractivity contribution in [3.63, 3.8) is 0 Å². The maximum absolute atomic E-state index is 6.07. The number of hydrogen-bond acceptors (Lipinski definition) is 5. The highest BCUT2D eigenvalue weighted by molar-refractivity contribution is 6.05. The smallest absolute Gasteiger partial charge is 0.196 e. The number of nitrogens with zero attached hydrogens (tertiary/aromatic N) is 4. The summed E-state index contributed by atoms with van der Waals surface area (Å²) in [5.74, 6) is 0.815. The first-order valence-corrected chi connectivity index (χ1v) is 8.08. The molecule has 0 saturated heterocycles. The summed E-state index contributed by atoms with van der Waals surface area (Å²) in [6.45, 7) is 5.07. The van der Waals surface area contributed by atoms with Gasteiger partial charge in [-0.2, -0.15) is 0 Å². The highest BCUT2D eigenvalue weighted by atomic mass is 16.3. The predicted octanol–water partition coefficient (Wildman–Crippen LogP) is 4.36. The average molecular weight is 318 g/mol. The van der Waals surface area contributed by atoms with Gasteiger partial charge in [-0.3, -0.25) is 4.98 Å². The highest BCUT2D eigenvalue weighted by Gasteiger charge is 2.22. The Kier molecular flexibility index (Phi) is 3.61. The second-order valence-corrected chi connectivity index (χ2v) is 5.72. The van der Waals surface area contributed by atoms with Crippen molar-refractivity contribution in [3.8, 4) is 0 Å². The molecular formula is C19H18N4O. The van der Waals surface area contributed by atoms with E-state index in [4.69, 9.17) is 4.42 Å². The SMILES string of the molecule is CCN(c1ncnc2c1oc1ccccc12)C(C)c1cccnc1. The molecule has 0 spiro atoms. The second-order valence-electron chi connectivity index (χ2n) is 5.72. The van der Waals surface area contributed by atoms with E-state index in [0.717, 1.165) is 40.0 Å². The molecule has 1 atom stereocenters. The van der Waals surface area contributed by atoms with Gasteiger partial charge in [0.2, 0.25) is 0 Å². The Hall–Kier alpha value is -2.95. The van der Waals surface area contributed by atoms with Crippen LogP contribution in [0.4, 0.5) is 5.82 Å². The fourth-order valence-corrected chi connectivity index (χ4v) is 3.13. The minimum Gasteiger partial charge on any atom is -0.450 e. The van der Waals surface area contributed by atoms with E-state index in [1.54, 1.807) is 12.5 Å². The van der Waals surface area contributed by atoms with Crippen molar-refractivity contribution in [3.05, 3.63) is 60.7 Å². The van der Waals surface area contributed by atoms with Crippen molar-refractivity contribution in [1.82, 2.24) is 15.0 Å². The van der Waals surface area contributed by atoms with Crippen LogP contribution in [-0.2, 0) is 0 Å². The Labute approximate surface area is 140 Å². The van der Waals surface area contributed by atoms with E-state index in [1.165, 1.54) is 0 Å². The van der Waals surface area contributed by atoms with Crippen LogP contribution >= 0.6 is 0 Å². The molecule has 4 rings (SSSR count). The zero-order chi connectivity index (χ0) is 16.5. The van der Waals surface area contributed by atoms with Gasteiger partial charge in [0.25, 0.3) is 0 Å². The van der Waals surface area contributed by atoms with Gasteiger partial charge in [0, 0.05) is 24.3 Å². The summed E-state index contributed by atoms with van der Waals surface area (Å²) in [5.41, 5.74) is 3.56. The molecule has 0 aliphatic heterocycles. The molecule has 0 saturated carbocycles. The molecule has 24 heavy (non-hydrogen) atoms. The molecule has 1 unspecified atom stereocenters. The lowest BCUT2D eigenvalue weighted by molar-refractivity contribution is 0.639. The molecular weight excluding hydrogens is 300 g/mol. The molecule has 1 aromatic carbocycles. The fraction of sp³-hybridized carbons (Fsp3) is 0.211. The Morgan fingerprint density at radius 1 is 1.12 bits per heavy atom. The summed E-state index contributed by atoms with van der Waals surface area (Å²) < 4.78 is 6.07. The summed E-state index contributed by atoms with van der Waals surface area (Å²) in [4.78, 5) is 15.4. The largest absolute Gasteiger partial charge is 0.450 e. The third-order valence-corrected chi connectivity index (χ3v) is 4.39. The summed E-state index contributed by atoms with van der Waals surface area (Å²) >= 11 is 0. The molecule has 0 radical (unpaired) electrons. The molecule has 0 aliphatic rings. The maximum Gasteiger partial charge on any atom is 0.196 e. The lowest BCUT2D eigenvalue weighted by Gasteiger charge is -2.28. The molecule has 3 aromatic heterocycles. The summed E-state index contributed by atoms with van der Waals surface area (Å²) in [6.07, 6.45) is 5.29. The highest BCUT2D eigenvalue weighted by Crippen LogP contribution is 2.35. The number of para-hydroxylation sites is 1. The third kappa shape index (κ3) is 2.29. The zero-order valence-corrected chi connectivity index (χ0v) is 13.7. The van der Waals surface area contributed by atoms with Crippen LogP contribution in [-0.4, -0.2) is 21.5 Å². The van der Waals surface area contributed by atoms with E-state index in [2.05, 4.69) is 39.8 Å². The van der Waals surface area contributed by atoms with Gasteiger partial charge in [-0.05, 0) is 37.6 Å². The van der Waals surface area contributed by atoms with E-state index in [9.17, 15) is 0 Å². The lowest BCUT2D eigenvalue weighted by Crippen LogP contribution is -2.27. The summed E-state index contributed by atoms with van der Waals surface area (Å²) in [5, 5.41) is 1.02. The quantitative estimate of drug-likeness (QED) is 0.559. The number of anilines is 1. The van der Waals surface area contributed by atoms with Gasteiger partial charge in [0.15, 0.2) is 11.4 Å². The van der Waals surface area contributed by atoms with Gasteiger partial charge < -0.3 is 9.32 Å². The van der Waals surface area contributed by atoms with Gasteiger partial charge >= 0.3 is 0 Å². The van der Waals surface area contributed by atoms with Gasteiger partial charge in [-0.25, -0.2) is 9.97 Å². The normalized spacial score (nSPS) is 12.6. The molecule has 120 valence electrons. The molecule has 3 heterocycles. The molecule has 4 aromatic rings. The Balaban J connectivity index is 1.87. The number of furan rings is 1. The number of hydrogen-bond donors (Lipinski definition) is 0. The first kappa shape index (κ1) is 14.6. The van der Waals surface area contributed by atoms with Crippen molar-refractivity contribution in [1.29, 1.82) is 0 Å². The van der Waals surface area contributed by atoms with E-state index in [0.29, 0.717) is 0 Å². The van der Waals surface area contributed by atoms with Crippen LogP contribution in [0.1, 0.15) is 25.5 Å². The van der Waals surface area contributed by atoms with Crippen LogP contribution in [0.15, 0.2) is 59.5 Å². The predicted molar refractivity (Wildman–Crippen MR) is 95.0 cm³/mol. The van der Waals surface area contributed by atoms with Crippen LogP contribution in [0.3, 0.4) is 0 Å². The van der Waals surface area contributed by atoms with Gasteiger partial charge in [-0.15, -0.1) is 0 Å². The first-order chi connectivity index (χ1) is 11.8. The standard InChI is InChI=1S/C19H18N4O/c1-3-23(13(2)14-7-6-10-20-11-14)19-18-17(21-12-22-19)15-8-4-5-9-16(15)24-18/h4-13H,3H2,1-2H3. The topological polar surface area (TPSA) is 55.1 Å². The molecule has 5 nitrogen and oxygen atoms in total. The number of fused-ring (bicyclic) bond motifs is 3. The molecule has 0 fully saturated rings. The number of rotatable bonds is 4.